The van der Waals surface area contributed by atoms with Gasteiger partial charge in [0.2, 0.25) is 5.91 Å². The molecule has 0 aliphatic carbocycles. The van der Waals surface area contributed by atoms with Crippen LogP contribution in [0.25, 0.3) is 0 Å². The monoisotopic (exact) mass is 330 g/mol. The zero-order valence-electron chi connectivity index (χ0n) is 13.4. The number of hydrogen-bond acceptors (Lipinski definition) is 4. The van der Waals surface area contributed by atoms with Crippen LogP contribution in [0.2, 0.25) is 0 Å². The van der Waals surface area contributed by atoms with Crippen LogP contribution in [0.15, 0.2) is 35.1 Å². The van der Waals surface area contributed by atoms with E-state index in [-0.39, 0.29) is 11.4 Å². The van der Waals surface area contributed by atoms with Gasteiger partial charge in [-0.15, -0.1) is 0 Å². The lowest BCUT2D eigenvalue weighted by molar-refractivity contribution is -0.123. The van der Waals surface area contributed by atoms with Crippen molar-refractivity contribution in [3.8, 4) is 0 Å². The number of nitrogens with two attached hydrogens (primary N) is 1. The summed E-state index contributed by atoms with van der Waals surface area (Å²) < 4.78 is 14.6. The van der Waals surface area contributed by atoms with Crippen LogP contribution >= 0.6 is 0 Å². The normalized spacial score (nSPS) is 15.8. The third-order valence-electron chi connectivity index (χ3n) is 4.29. The molecule has 24 heavy (non-hydrogen) atoms. The Morgan fingerprint density at radius 2 is 2.08 bits per heavy atom. The number of amides is 1. The Balaban J connectivity index is 1.92. The van der Waals surface area contributed by atoms with E-state index in [9.17, 15) is 14.0 Å². The molecule has 0 unspecified atom stereocenters. The number of aryl methyl sites for hydroxylation is 1. The quantitative estimate of drug-likeness (QED) is 0.906. The van der Waals surface area contributed by atoms with Crippen LogP contribution in [0.4, 0.5) is 4.39 Å². The largest absolute Gasteiger partial charge is 0.368 e. The Hall–Kier alpha value is -2.54. The first kappa shape index (κ1) is 16.3. The van der Waals surface area contributed by atoms with Crippen LogP contribution in [-0.2, 0) is 24.3 Å². The molecule has 0 saturated heterocycles. The summed E-state index contributed by atoms with van der Waals surface area (Å²) in [5.41, 5.74) is 7.74. The molecule has 1 aromatic carbocycles. The summed E-state index contributed by atoms with van der Waals surface area (Å²) in [5.74, 6) is -0.866. The minimum Gasteiger partial charge on any atom is -0.368 e. The highest BCUT2D eigenvalue weighted by Gasteiger charge is 2.29. The molecular weight excluding hydrogens is 311 g/mol. The maximum Gasteiger partial charge on any atom is 0.267 e. The number of fused-ring (bicyclic) bond motifs is 1. The smallest absolute Gasteiger partial charge is 0.267 e. The lowest BCUT2D eigenvalue weighted by atomic mass is 9.99. The van der Waals surface area contributed by atoms with Gasteiger partial charge in [0.25, 0.3) is 5.56 Å². The number of primary amides is 1. The van der Waals surface area contributed by atoms with Gasteiger partial charge in [-0.25, -0.2) is 9.07 Å². The summed E-state index contributed by atoms with van der Waals surface area (Å²) in [6.07, 6.45) is 0.626. The minimum atomic E-state index is -0.660. The summed E-state index contributed by atoms with van der Waals surface area (Å²) in [6, 6.07) is 6.66. The van der Waals surface area contributed by atoms with Gasteiger partial charge in [0, 0.05) is 32.1 Å². The second-order valence-electron chi connectivity index (χ2n) is 5.85. The van der Waals surface area contributed by atoms with E-state index >= 15 is 0 Å². The molecular formula is C17H19FN4O2. The standard InChI is InChI=1S/C17H19FN4O2/c1-2-22-15(23)9-12-10-21(8-7-14(12)20-22)16(17(19)24)11-3-5-13(18)6-4-11/h3-6,9,16H,2,7-8,10H2,1H3,(H2,19,24)/t16-/m0/s1. The third kappa shape index (κ3) is 3.07. The first-order valence-electron chi connectivity index (χ1n) is 7.88. The van der Waals surface area contributed by atoms with Gasteiger partial charge in [0.1, 0.15) is 11.9 Å². The van der Waals surface area contributed by atoms with Gasteiger partial charge < -0.3 is 5.73 Å². The van der Waals surface area contributed by atoms with Crippen molar-refractivity contribution in [2.24, 2.45) is 5.73 Å². The fourth-order valence-electron chi connectivity index (χ4n) is 3.11. The molecule has 126 valence electrons. The van der Waals surface area contributed by atoms with E-state index in [4.69, 9.17) is 5.73 Å². The molecule has 1 atom stereocenters. The van der Waals surface area contributed by atoms with Crippen LogP contribution in [0.1, 0.15) is 29.8 Å². The second-order valence-corrected chi connectivity index (χ2v) is 5.85. The van der Waals surface area contributed by atoms with Crippen LogP contribution < -0.4 is 11.3 Å². The molecule has 1 aromatic heterocycles. The Bertz CT molecular complexity index is 816. The summed E-state index contributed by atoms with van der Waals surface area (Å²) in [5, 5.41) is 4.37. The number of carbonyl (C=O) groups excluding carboxylic acids is 1. The van der Waals surface area contributed by atoms with Crippen LogP contribution in [-0.4, -0.2) is 27.1 Å². The van der Waals surface area contributed by atoms with Crippen molar-refractivity contribution < 1.29 is 9.18 Å². The number of hydrogen-bond donors (Lipinski definition) is 1. The summed E-state index contributed by atoms with van der Waals surface area (Å²) in [6.45, 7) is 3.39. The number of carbonyl (C=O) groups is 1. The van der Waals surface area contributed by atoms with Gasteiger partial charge in [0.05, 0.1) is 5.69 Å². The molecule has 0 fully saturated rings. The fraction of sp³-hybridized carbons (Fsp3) is 0.353. The Morgan fingerprint density at radius 1 is 1.38 bits per heavy atom. The second kappa shape index (κ2) is 6.52. The highest BCUT2D eigenvalue weighted by molar-refractivity contribution is 5.81. The number of rotatable bonds is 4. The van der Waals surface area contributed by atoms with E-state index in [0.29, 0.717) is 31.6 Å². The fourth-order valence-corrected chi connectivity index (χ4v) is 3.11. The zero-order chi connectivity index (χ0) is 17.3. The van der Waals surface area contributed by atoms with E-state index in [1.165, 1.54) is 16.8 Å². The number of nitrogens with zero attached hydrogens (tertiary/aromatic N) is 3. The van der Waals surface area contributed by atoms with Crippen LogP contribution in [0, 0.1) is 5.82 Å². The maximum absolute atomic E-state index is 13.1. The van der Waals surface area contributed by atoms with Crippen molar-refractivity contribution in [1.29, 1.82) is 0 Å². The van der Waals surface area contributed by atoms with Crippen molar-refractivity contribution in [2.45, 2.75) is 32.5 Å². The molecule has 0 bridgehead atoms. The molecule has 0 saturated carbocycles. The third-order valence-corrected chi connectivity index (χ3v) is 4.29. The number of aromatic nitrogens is 2. The first-order valence-corrected chi connectivity index (χ1v) is 7.88. The molecule has 0 radical (unpaired) electrons. The molecule has 0 spiro atoms. The summed E-state index contributed by atoms with van der Waals surface area (Å²) in [7, 11) is 0. The van der Waals surface area contributed by atoms with E-state index in [0.717, 1.165) is 11.3 Å². The van der Waals surface area contributed by atoms with E-state index in [1.54, 1.807) is 18.2 Å². The zero-order valence-corrected chi connectivity index (χ0v) is 13.4. The van der Waals surface area contributed by atoms with Crippen molar-refractivity contribution in [1.82, 2.24) is 14.7 Å². The average molecular weight is 330 g/mol. The number of halogens is 1. The molecule has 2 aromatic rings. The van der Waals surface area contributed by atoms with Gasteiger partial charge in [-0.05, 0) is 30.2 Å². The maximum atomic E-state index is 13.1. The Kier molecular flexibility index (Phi) is 4.44. The lowest BCUT2D eigenvalue weighted by Gasteiger charge is -2.33. The Labute approximate surface area is 138 Å². The van der Waals surface area contributed by atoms with Gasteiger partial charge in [0.15, 0.2) is 0 Å². The van der Waals surface area contributed by atoms with Crippen molar-refractivity contribution >= 4 is 5.91 Å². The van der Waals surface area contributed by atoms with Gasteiger partial charge in [-0.1, -0.05) is 12.1 Å². The van der Waals surface area contributed by atoms with Crippen LogP contribution in [0.5, 0.6) is 0 Å². The molecule has 1 amide bonds. The molecule has 1 aliphatic rings. The van der Waals surface area contributed by atoms with E-state index < -0.39 is 11.9 Å². The highest BCUT2D eigenvalue weighted by atomic mass is 19.1. The van der Waals surface area contributed by atoms with E-state index in [1.807, 2.05) is 11.8 Å². The molecule has 2 heterocycles. The van der Waals surface area contributed by atoms with Crippen molar-refractivity contribution in [3.05, 3.63) is 63.3 Å². The number of benzene rings is 1. The lowest BCUT2D eigenvalue weighted by Crippen LogP contribution is -2.42. The molecule has 6 nitrogen and oxygen atoms in total. The highest BCUT2D eigenvalue weighted by Crippen LogP contribution is 2.26. The predicted molar refractivity (Wildman–Crippen MR) is 86.6 cm³/mol. The van der Waals surface area contributed by atoms with Crippen molar-refractivity contribution in [2.75, 3.05) is 6.54 Å². The van der Waals surface area contributed by atoms with Gasteiger partial charge >= 0.3 is 0 Å². The van der Waals surface area contributed by atoms with E-state index in [2.05, 4.69) is 5.10 Å². The van der Waals surface area contributed by atoms with Crippen molar-refractivity contribution in [3.63, 3.8) is 0 Å². The Morgan fingerprint density at radius 3 is 2.71 bits per heavy atom. The van der Waals surface area contributed by atoms with Gasteiger partial charge in [-0.2, -0.15) is 5.10 Å². The molecule has 2 N–H and O–H groups in total. The molecule has 3 rings (SSSR count). The van der Waals surface area contributed by atoms with Gasteiger partial charge in [-0.3, -0.25) is 14.5 Å². The minimum absolute atomic E-state index is 0.157. The predicted octanol–water partition coefficient (Wildman–Crippen LogP) is 0.987. The first-order chi connectivity index (χ1) is 11.5. The SMILES string of the molecule is CCn1nc2c(cc1=O)CN([C@H](C(N)=O)c1ccc(F)cc1)CC2. The average Bonchev–Trinajstić information content (AvgIpc) is 2.56. The molecule has 7 heteroatoms. The summed E-state index contributed by atoms with van der Waals surface area (Å²) in [4.78, 5) is 25.9. The molecule has 1 aliphatic heterocycles. The summed E-state index contributed by atoms with van der Waals surface area (Å²) >= 11 is 0. The van der Waals surface area contributed by atoms with Crippen LogP contribution in [0.3, 0.4) is 0 Å². The topological polar surface area (TPSA) is 81.2 Å².